The third kappa shape index (κ3) is 4.11. The van der Waals surface area contributed by atoms with Crippen LogP contribution in [0, 0.1) is 11.3 Å². The van der Waals surface area contributed by atoms with Crippen LogP contribution in [0.2, 0.25) is 5.02 Å². The number of halogens is 1. The molecule has 0 spiro atoms. The SMILES string of the molecule is CC(CNCc1ccncc1Cl)C(C)(C)C. The molecule has 0 fully saturated rings. The predicted molar refractivity (Wildman–Crippen MR) is 69.6 cm³/mol. The maximum absolute atomic E-state index is 6.03. The molecule has 1 atom stereocenters. The van der Waals surface area contributed by atoms with Crippen molar-refractivity contribution in [2.24, 2.45) is 11.3 Å². The minimum absolute atomic E-state index is 0.342. The summed E-state index contributed by atoms with van der Waals surface area (Å²) < 4.78 is 0. The lowest BCUT2D eigenvalue weighted by Crippen LogP contribution is -2.29. The van der Waals surface area contributed by atoms with Gasteiger partial charge in [-0.05, 0) is 29.5 Å². The molecule has 1 N–H and O–H groups in total. The van der Waals surface area contributed by atoms with E-state index < -0.39 is 0 Å². The van der Waals surface area contributed by atoms with Gasteiger partial charge in [-0.1, -0.05) is 39.3 Å². The van der Waals surface area contributed by atoms with E-state index in [0.717, 1.165) is 23.7 Å². The fraction of sp³-hybridized carbons (Fsp3) is 0.615. The van der Waals surface area contributed by atoms with E-state index >= 15 is 0 Å². The normalized spacial score (nSPS) is 13.8. The standard InChI is InChI=1S/C13H21ClN2/c1-10(13(2,3)4)7-16-8-11-5-6-15-9-12(11)14/h5-6,9-10,16H,7-8H2,1-4H3. The van der Waals surface area contributed by atoms with Gasteiger partial charge in [0.2, 0.25) is 0 Å². The summed E-state index contributed by atoms with van der Waals surface area (Å²) in [5.41, 5.74) is 1.45. The molecular weight excluding hydrogens is 220 g/mol. The van der Waals surface area contributed by atoms with E-state index in [-0.39, 0.29) is 0 Å². The zero-order valence-corrected chi connectivity index (χ0v) is 11.3. The van der Waals surface area contributed by atoms with Crippen molar-refractivity contribution < 1.29 is 0 Å². The van der Waals surface area contributed by atoms with Gasteiger partial charge in [-0.15, -0.1) is 0 Å². The lowest BCUT2D eigenvalue weighted by molar-refractivity contribution is 0.252. The Labute approximate surface area is 103 Å². The highest BCUT2D eigenvalue weighted by molar-refractivity contribution is 6.31. The van der Waals surface area contributed by atoms with E-state index in [2.05, 4.69) is 38.0 Å². The average Bonchev–Trinajstić information content (AvgIpc) is 2.19. The summed E-state index contributed by atoms with van der Waals surface area (Å²) in [6.45, 7) is 10.9. The van der Waals surface area contributed by atoms with Gasteiger partial charge in [-0.3, -0.25) is 4.98 Å². The maximum Gasteiger partial charge on any atom is 0.0634 e. The van der Waals surface area contributed by atoms with Crippen molar-refractivity contribution in [1.29, 1.82) is 0 Å². The van der Waals surface area contributed by atoms with Crippen LogP contribution in [0.5, 0.6) is 0 Å². The van der Waals surface area contributed by atoms with E-state index in [1.807, 2.05) is 6.07 Å². The van der Waals surface area contributed by atoms with Crippen LogP contribution in [-0.2, 0) is 6.54 Å². The van der Waals surface area contributed by atoms with Gasteiger partial charge in [0.1, 0.15) is 0 Å². The van der Waals surface area contributed by atoms with E-state index in [1.54, 1.807) is 12.4 Å². The Kier molecular flexibility index (Phi) is 4.75. The highest BCUT2D eigenvalue weighted by atomic mass is 35.5. The van der Waals surface area contributed by atoms with Crippen molar-refractivity contribution in [1.82, 2.24) is 10.3 Å². The molecule has 0 aliphatic heterocycles. The lowest BCUT2D eigenvalue weighted by Gasteiger charge is -2.27. The summed E-state index contributed by atoms with van der Waals surface area (Å²) in [7, 11) is 0. The van der Waals surface area contributed by atoms with Gasteiger partial charge in [0.15, 0.2) is 0 Å². The van der Waals surface area contributed by atoms with Crippen molar-refractivity contribution in [2.75, 3.05) is 6.54 Å². The Morgan fingerprint density at radius 2 is 2.12 bits per heavy atom. The maximum atomic E-state index is 6.03. The Morgan fingerprint density at radius 1 is 1.44 bits per heavy atom. The highest BCUT2D eigenvalue weighted by Crippen LogP contribution is 2.24. The molecule has 2 nitrogen and oxygen atoms in total. The van der Waals surface area contributed by atoms with E-state index in [4.69, 9.17) is 11.6 Å². The van der Waals surface area contributed by atoms with Gasteiger partial charge < -0.3 is 5.32 Å². The molecular formula is C13H21ClN2. The second-order valence-corrected chi connectivity index (χ2v) is 5.77. The highest BCUT2D eigenvalue weighted by Gasteiger charge is 2.19. The molecule has 0 aromatic carbocycles. The molecule has 3 heteroatoms. The first kappa shape index (κ1) is 13.5. The van der Waals surface area contributed by atoms with E-state index in [0.29, 0.717) is 11.3 Å². The molecule has 1 aromatic rings. The second kappa shape index (κ2) is 5.65. The Balaban J connectivity index is 2.40. The van der Waals surface area contributed by atoms with Crippen LogP contribution < -0.4 is 5.32 Å². The third-order valence-electron chi connectivity index (χ3n) is 3.10. The topological polar surface area (TPSA) is 24.9 Å². The Hall–Kier alpha value is -0.600. The van der Waals surface area contributed by atoms with Crippen LogP contribution in [0.3, 0.4) is 0 Å². The quantitative estimate of drug-likeness (QED) is 0.871. The molecule has 0 aliphatic rings. The van der Waals surface area contributed by atoms with Gasteiger partial charge in [-0.2, -0.15) is 0 Å². The van der Waals surface area contributed by atoms with Crippen LogP contribution in [0.25, 0.3) is 0 Å². The number of nitrogens with zero attached hydrogens (tertiary/aromatic N) is 1. The summed E-state index contributed by atoms with van der Waals surface area (Å²) >= 11 is 6.03. The zero-order valence-electron chi connectivity index (χ0n) is 10.5. The number of pyridine rings is 1. The monoisotopic (exact) mass is 240 g/mol. The van der Waals surface area contributed by atoms with Crippen LogP contribution in [-0.4, -0.2) is 11.5 Å². The first-order valence-corrected chi connectivity index (χ1v) is 6.08. The second-order valence-electron chi connectivity index (χ2n) is 5.37. The summed E-state index contributed by atoms with van der Waals surface area (Å²) in [6, 6.07) is 1.96. The summed E-state index contributed by atoms with van der Waals surface area (Å²) in [4.78, 5) is 3.97. The molecule has 0 bridgehead atoms. The molecule has 1 unspecified atom stereocenters. The van der Waals surface area contributed by atoms with Gasteiger partial charge >= 0.3 is 0 Å². The van der Waals surface area contributed by atoms with Gasteiger partial charge in [0.05, 0.1) is 5.02 Å². The molecule has 16 heavy (non-hydrogen) atoms. The van der Waals surface area contributed by atoms with Crippen LogP contribution in [0.1, 0.15) is 33.3 Å². The molecule has 1 rings (SSSR count). The molecule has 0 radical (unpaired) electrons. The largest absolute Gasteiger partial charge is 0.312 e. The van der Waals surface area contributed by atoms with E-state index in [9.17, 15) is 0 Å². The summed E-state index contributed by atoms with van der Waals surface area (Å²) in [5.74, 6) is 0.633. The average molecular weight is 241 g/mol. The first-order valence-electron chi connectivity index (χ1n) is 5.70. The third-order valence-corrected chi connectivity index (χ3v) is 3.44. The zero-order chi connectivity index (χ0) is 12.2. The minimum Gasteiger partial charge on any atom is -0.312 e. The van der Waals surface area contributed by atoms with Crippen molar-refractivity contribution in [3.63, 3.8) is 0 Å². The minimum atomic E-state index is 0.342. The molecule has 0 saturated carbocycles. The van der Waals surface area contributed by atoms with Gasteiger partial charge in [0.25, 0.3) is 0 Å². The number of hydrogen-bond acceptors (Lipinski definition) is 2. The molecule has 0 amide bonds. The van der Waals surface area contributed by atoms with Crippen molar-refractivity contribution in [3.05, 3.63) is 29.0 Å². The van der Waals surface area contributed by atoms with Gasteiger partial charge in [-0.25, -0.2) is 0 Å². The Morgan fingerprint density at radius 3 is 2.69 bits per heavy atom. The summed E-state index contributed by atoms with van der Waals surface area (Å²) in [5, 5.41) is 4.17. The van der Waals surface area contributed by atoms with Crippen LogP contribution in [0.15, 0.2) is 18.5 Å². The van der Waals surface area contributed by atoms with Gasteiger partial charge in [0, 0.05) is 18.9 Å². The fourth-order valence-corrected chi connectivity index (χ4v) is 1.46. The molecule has 0 saturated heterocycles. The van der Waals surface area contributed by atoms with Crippen molar-refractivity contribution in [2.45, 2.75) is 34.2 Å². The fourth-order valence-electron chi connectivity index (χ4n) is 1.28. The summed E-state index contributed by atoms with van der Waals surface area (Å²) in [6.07, 6.45) is 3.46. The number of rotatable bonds is 4. The molecule has 1 aromatic heterocycles. The van der Waals surface area contributed by atoms with E-state index in [1.165, 1.54) is 0 Å². The Bertz CT molecular complexity index is 331. The molecule has 1 heterocycles. The lowest BCUT2D eigenvalue weighted by atomic mass is 9.82. The molecule has 0 aliphatic carbocycles. The number of aromatic nitrogens is 1. The molecule has 90 valence electrons. The first-order chi connectivity index (χ1) is 7.41. The van der Waals surface area contributed by atoms with Crippen molar-refractivity contribution >= 4 is 11.6 Å². The predicted octanol–water partition coefficient (Wildman–Crippen LogP) is 3.51. The van der Waals surface area contributed by atoms with Crippen LogP contribution >= 0.6 is 11.6 Å². The smallest absolute Gasteiger partial charge is 0.0634 e. The number of nitrogens with one attached hydrogen (secondary N) is 1. The van der Waals surface area contributed by atoms with Crippen LogP contribution in [0.4, 0.5) is 0 Å². The van der Waals surface area contributed by atoms with Crippen molar-refractivity contribution in [3.8, 4) is 0 Å². The number of hydrogen-bond donors (Lipinski definition) is 1.